The van der Waals surface area contributed by atoms with E-state index in [9.17, 15) is 0 Å². The van der Waals surface area contributed by atoms with Crippen molar-refractivity contribution < 1.29 is 4.42 Å². The molecule has 1 aromatic heterocycles. The van der Waals surface area contributed by atoms with Gasteiger partial charge in [0.25, 0.3) is 0 Å². The van der Waals surface area contributed by atoms with Crippen LogP contribution in [-0.4, -0.2) is 0 Å². The first-order valence-electron chi connectivity index (χ1n) is 8.11. The molecule has 0 amide bonds. The van der Waals surface area contributed by atoms with Gasteiger partial charge in [-0.25, -0.2) is 0 Å². The zero-order chi connectivity index (χ0) is 15.4. The third-order valence-electron chi connectivity index (χ3n) is 4.79. The summed E-state index contributed by atoms with van der Waals surface area (Å²) in [6.45, 7) is 2.19. The van der Waals surface area contributed by atoms with E-state index in [2.05, 4.69) is 73.7 Å². The molecule has 0 N–H and O–H groups in total. The Morgan fingerprint density at radius 1 is 0.739 bits per heavy atom. The largest absolute Gasteiger partial charge is 0.456 e. The maximum Gasteiger partial charge on any atom is 0.139 e. The first kappa shape index (κ1) is 12.7. The lowest BCUT2D eigenvalue weighted by molar-refractivity contribution is 0.664. The number of rotatable bonds is 1. The summed E-state index contributed by atoms with van der Waals surface area (Å²) in [5.41, 5.74) is 3.29. The summed E-state index contributed by atoms with van der Waals surface area (Å²) in [5.74, 6) is 0. The zero-order valence-corrected chi connectivity index (χ0v) is 13.0. The molecule has 5 aromatic rings. The summed E-state index contributed by atoms with van der Waals surface area (Å²) >= 11 is 0. The summed E-state index contributed by atoms with van der Waals surface area (Å²) in [7, 11) is 0. The molecule has 1 nitrogen and oxygen atoms in total. The number of aryl methyl sites for hydroxylation is 1. The first-order valence-corrected chi connectivity index (χ1v) is 8.11. The van der Waals surface area contributed by atoms with Crippen LogP contribution in [0.1, 0.15) is 12.5 Å². The van der Waals surface area contributed by atoms with Crippen LogP contribution in [0.5, 0.6) is 0 Å². The van der Waals surface area contributed by atoms with Gasteiger partial charge < -0.3 is 4.42 Å². The van der Waals surface area contributed by atoms with Crippen molar-refractivity contribution in [3.63, 3.8) is 0 Å². The standard InChI is InChI=1S/C22H16O/c1-2-14-11-17-9-5-6-10-18(17)21-19-12-15-7-3-4-8-16(15)13-20(19)23-22(14)21/h3-13H,2H2,1H3. The Hall–Kier alpha value is -2.80. The average molecular weight is 296 g/mol. The Morgan fingerprint density at radius 3 is 2.22 bits per heavy atom. The summed E-state index contributed by atoms with van der Waals surface area (Å²) < 4.78 is 6.29. The van der Waals surface area contributed by atoms with Crippen LogP contribution in [0.15, 0.2) is 71.1 Å². The highest BCUT2D eigenvalue weighted by Crippen LogP contribution is 2.38. The molecular weight excluding hydrogens is 280 g/mol. The highest BCUT2D eigenvalue weighted by molar-refractivity contribution is 6.21. The highest BCUT2D eigenvalue weighted by atomic mass is 16.3. The van der Waals surface area contributed by atoms with E-state index in [0.29, 0.717) is 0 Å². The molecule has 4 aromatic carbocycles. The third-order valence-corrected chi connectivity index (χ3v) is 4.79. The highest BCUT2D eigenvalue weighted by Gasteiger charge is 2.14. The van der Waals surface area contributed by atoms with Gasteiger partial charge in [-0.15, -0.1) is 0 Å². The van der Waals surface area contributed by atoms with Gasteiger partial charge in [-0.2, -0.15) is 0 Å². The maximum atomic E-state index is 6.29. The monoisotopic (exact) mass is 296 g/mol. The van der Waals surface area contributed by atoms with Crippen molar-refractivity contribution >= 4 is 43.5 Å². The summed E-state index contributed by atoms with van der Waals surface area (Å²) in [4.78, 5) is 0. The van der Waals surface area contributed by atoms with Crippen LogP contribution in [0.2, 0.25) is 0 Å². The smallest absolute Gasteiger partial charge is 0.139 e. The van der Waals surface area contributed by atoms with Crippen LogP contribution >= 0.6 is 0 Å². The molecular formula is C22H16O. The second-order valence-corrected chi connectivity index (χ2v) is 6.11. The molecule has 23 heavy (non-hydrogen) atoms. The Balaban J connectivity index is 2.08. The number of benzene rings is 4. The molecule has 110 valence electrons. The molecule has 1 heteroatoms. The minimum Gasteiger partial charge on any atom is -0.456 e. The molecule has 0 unspecified atom stereocenters. The molecule has 0 aliphatic carbocycles. The lowest BCUT2D eigenvalue weighted by atomic mass is 9.98. The molecule has 0 radical (unpaired) electrons. The van der Waals surface area contributed by atoms with E-state index < -0.39 is 0 Å². The number of hydrogen-bond donors (Lipinski definition) is 0. The Kier molecular flexibility index (Phi) is 2.54. The fraction of sp³-hybridized carbons (Fsp3) is 0.0909. The summed E-state index contributed by atoms with van der Waals surface area (Å²) in [6, 6.07) is 23.8. The molecule has 0 bridgehead atoms. The van der Waals surface area contributed by atoms with Gasteiger partial charge in [0.05, 0.1) is 0 Å². The molecule has 5 rings (SSSR count). The fourth-order valence-corrected chi connectivity index (χ4v) is 3.64. The van der Waals surface area contributed by atoms with Crippen molar-refractivity contribution in [3.05, 3.63) is 72.3 Å². The van der Waals surface area contributed by atoms with E-state index in [0.717, 1.165) is 17.6 Å². The topological polar surface area (TPSA) is 13.1 Å². The minimum atomic E-state index is 0.973. The quantitative estimate of drug-likeness (QED) is 0.346. The number of hydrogen-bond acceptors (Lipinski definition) is 1. The minimum absolute atomic E-state index is 0.973. The summed E-state index contributed by atoms with van der Waals surface area (Å²) in [6.07, 6.45) is 0.973. The fourth-order valence-electron chi connectivity index (χ4n) is 3.64. The van der Waals surface area contributed by atoms with Crippen LogP contribution in [0.3, 0.4) is 0 Å². The van der Waals surface area contributed by atoms with Crippen LogP contribution in [0, 0.1) is 0 Å². The molecule has 0 saturated heterocycles. The van der Waals surface area contributed by atoms with E-state index in [1.165, 1.54) is 37.9 Å². The van der Waals surface area contributed by atoms with Gasteiger partial charge in [0.15, 0.2) is 0 Å². The molecule has 0 fully saturated rings. The van der Waals surface area contributed by atoms with Gasteiger partial charge in [-0.1, -0.05) is 55.5 Å². The average Bonchev–Trinajstić information content (AvgIpc) is 2.97. The maximum absolute atomic E-state index is 6.29. The number of fused-ring (bicyclic) bond motifs is 6. The van der Waals surface area contributed by atoms with Crippen molar-refractivity contribution in [1.82, 2.24) is 0 Å². The van der Waals surface area contributed by atoms with E-state index >= 15 is 0 Å². The molecule has 0 aliphatic rings. The molecule has 0 spiro atoms. The lowest BCUT2D eigenvalue weighted by Crippen LogP contribution is -1.83. The second-order valence-electron chi connectivity index (χ2n) is 6.11. The van der Waals surface area contributed by atoms with E-state index in [1.54, 1.807) is 0 Å². The Morgan fingerprint density at radius 2 is 1.43 bits per heavy atom. The van der Waals surface area contributed by atoms with E-state index in [1.807, 2.05) is 0 Å². The molecule has 0 saturated carbocycles. The Bertz CT molecular complexity index is 1190. The summed E-state index contributed by atoms with van der Waals surface area (Å²) in [5, 5.41) is 7.50. The Labute approximate surface area is 134 Å². The van der Waals surface area contributed by atoms with Crippen molar-refractivity contribution in [3.8, 4) is 0 Å². The van der Waals surface area contributed by atoms with Gasteiger partial charge in [-0.05, 0) is 51.7 Å². The second kappa shape index (κ2) is 4.60. The first-order chi connectivity index (χ1) is 11.3. The predicted octanol–water partition coefficient (Wildman–Crippen LogP) is 6.45. The molecule has 0 atom stereocenters. The SMILES string of the molecule is CCc1cc2ccccc2c2c1oc1cc3ccccc3cc12. The van der Waals surface area contributed by atoms with Crippen LogP contribution in [-0.2, 0) is 6.42 Å². The zero-order valence-electron chi connectivity index (χ0n) is 13.0. The number of furan rings is 1. The van der Waals surface area contributed by atoms with E-state index in [4.69, 9.17) is 4.42 Å². The van der Waals surface area contributed by atoms with Gasteiger partial charge in [0.1, 0.15) is 11.2 Å². The molecule has 0 aliphatic heterocycles. The van der Waals surface area contributed by atoms with E-state index in [-0.39, 0.29) is 0 Å². The van der Waals surface area contributed by atoms with Crippen LogP contribution in [0.25, 0.3) is 43.5 Å². The van der Waals surface area contributed by atoms with Crippen molar-refractivity contribution in [2.24, 2.45) is 0 Å². The van der Waals surface area contributed by atoms with Gasteiger partial charge >= 0.3 is 0 Å². The van der Waals surface area contributed by atoms with Crippen LogP contribution < -0.4 is 0 Å². The van der Waals surface area contributed by atoms with Crippen molar-refractivity contribution in [2.75, 3.05) is 0 Å². The van der Waals surface area contributed by atoms with Crippen molar-refractivity contribution in [2.45, 2.75) is 13.3 Å². The van der Waals surface area contributed by atoms with Gasteiger partial charge in [0.2, 0.25) is 0 Å². The molecule has 1 heterocycles. The predicted molar refractivity (Wildman–Crippen MR) is 98.1 cm³/mol. The van der Waals surface area contributed by atoms with Crippen molar-refractivity contribution in [1.29, 1.82) is 0 Å². The third kappa shape index (κ3) is 1.74. The normalized spacial score (nSPS) is 11.9. The van der Waals surface area contributed by atoms with Gasteiger partial charge in [0, 0.05) is 10.8 Å². The van der Waals surface area contributed by atoms with Crippen LogP contribution in [0.4, 0.5) is 0 Å². The lowest BCUT2D eigenvalue weighted by Gasteiger charge is -2.04. The van der Waals surface area contributed by atoms with Gasteiger partial charge in [-0.3, -0.25) is 0 Å².